The number of hydrogen-bond donors (Lipinski definition) is 2. The predicted molar refractivity (Wildman–Crippen MR) is 68.3 cm³/mol. The third-order valence-corrected chi connectivity index (χ3v) is 2.42. The Morgan fingerprint density at radius 2 is 2.00 bits per heavy atom. The molecule has 3 N–H and O–H groups in total. The highest BCUT2D eigenvalue weighted by Gasteiger charge is 2.01. The van der Waals surface area contributed by atoms with E-state index in [1.165, 1.54) is 0 Å². The molecule has 0 saturated carbocycles. The van der Waals surface area contributed by atoms with Gasteiger partial charge in [-0.2, -0.15) is 0 Å². The van der Waals surface area contributed by atoms with Crippen molar-refractivity contribution >= 4 is 5.91 Å². The summed E-state index contributed by atoms with van der Waals surface area (Å²) in [5, 5.41) is 2.93. The normalized spacial score (nSPS) is 12.8. The highest BCUT2D eigenvalue weighted by Crippen LogP contribution is 1.98. The molecule has 96 valence electrons. The lowest BCUT2D eigenvalue weighted by Crippen LogP contribution is -2.25. The van der Waals surface area contributed by atoms with E-state index in [4.69, 9.17) is 5.73 Å². The Hall–Kier alpha value is -0.610. The van der Waals surface area contributed by atoms with Crippen LogP contribution in [0, 0.1) is 0 Å². The summed E-state index contributed by atoms with van der Waals surface area (Å²) in [7, 11) is 4.12. The minimum atomic E-state index is 0.158. The quantitative estimate of drug-likeness (QED) is 0.579. The summed E-state index contributed by atoms with van der Waals surface area (Å²) in [6, 6.07) is 0.202. The highest BCUT2D eigenvalue weighted by atomic mass is 16.1. The second kappa shape index (κ2) is 9.60. The van der Waals surface area contributed by atoms with Crippen LogP contribution in [0.1, 0.15) is 39.0 Å². The van der Waals surface area contributed by atoms with Gasteiger partial charge in [0.25, 0.3) is 0 Å². The highest BCUT2D eigenvalue weighted by molar-refractivity contribution is 5.75. The average molecular weight is 229 g/mol. The van der Waals surface area contributed by atoms with Crippen molar-refractivity contribution in [3.8, 4) is 0 Å². The zero-order valence-electron chi connectivity index (χ0n) is 11.0. The Morgan fingerprint density at radius 3 is 2.56 bits per heavy atom. The lowest BCUT2D eigenvalue weighted by atomic mass is 10.1. The molecule has 0 fully saturated rings. The van der Waals surface area contributed by atoms with Crippen molar-refractivity contribution in [3.05, 3.63) is 0 Å². The van der Waals surface area contributed by atoms with Crippen LogP contribution in [-0.4, -0.2) is 44.0 Å². The Kier molecular flexibility index (Phi) is 9.24. The number of unbranched alkanes of at least 4 members (excludes halogenated alkanes) is 1. The second-order valence-electron chi connectivity index (χ2n) is 4.73. The minimum Gasteiger partial charge on any atom is -0.356 e. The van der Waals surface area contributed by atoms with Crippen LogP contribution in [0.15, 0.2) is 0 Å². The lowest BCUT2D eigenvalue weighted by Gasteiger charge is -2.09. The number of nitrogens with two attached hydrogens (primary N) is 1. The van der Waals surface area contributed by atoms with Gasteiger partial charge in [0, 0.05) is 19.0 Å². The van der Waals surface area contributed by atoms with Gasteiger partial charge < -0.3 is 16.0 Å². The Morgan fingerprint density at radius 1 is 1.31 bits per heavy atom. The molecule has 0 aromatic rings. The first-order valence-corrected chi connectivity index (χ1v) is 6.19. The van der Waals surface area contributed by atoms with Gasteiger partial charge in [-0.3, -0.25) is 4.79 Å². The molecule has 0 rings (SSSR count). The van der Waals surface area contributed by atoms with Crippen LogP contribution in [0.25, 0.3) is 0 Å². The summed E-state index contributed by atoms with van der Waals surface area (Å²) in [6.07, 6.45) is 4.61. The number of hydrogen-bond acceptors (Lipinski definition) is 3. The smallest absolute Gasteiger partial charge is 0.219 e. The van der Waals surface area contributed by atoms with Gasteiger partial charge in [-0.15, -0.1) is 0 Å². The molecule has 1 unspecified atom stereocenters. The van der Waals surface area contributed by atoms with Gasteiger partial charge in [-0.1, -0.05) is 0 Å². The molecule has 4 heteroatoms. The molecule has 16 heavy (non-hydrogen) atoms. The fourth-order valence-corrected chi connectivity index (χ4v) is 1.45. The molecular weight excluding hydrogens is 202 g/mol. The number of nitrogens with one attached hydrogen (secondary N) is 1. The Balaban J connectivity index is 3.24. The molecule has 0 bridgehead atoms. The van der Waals surface area contributed by atoms with Crippen molar-refractivity contribution in [1.82, 2.24) is 10.2 Å². The first-order chi connectivity index (χ1) is 7.52. The number of carbonyl (C=O) groups excluding carboxylic acids is 1. The fraction of sp³-hybridized carbons (Fsp3) is 0.917. The molecule has 0 aromatic carbocycles. The number of carbonyl (C=O) groups is 1. The molecule has 0 saturated heterocycles. The van der Waals surface area contributed by atoms with E-state index in [9.17, 15) is 4.79 Å². The largest absolute Gasteiger partial charge is 0.356 e. The molecule has 0 radical (unpaired) electrons. The van der Waals surface area contributed by atoms with Crippen LogP contribution in [0.5, 0.6) is 0 Å². The third kappa shape index (κ3) is 11.5. The van der Waals surface area contributed by atoms with Gasteiger partial charge >= 0.3 is 0 Å². The molecule has 1 amide bonds. The number of amides is 1. The third-order valence-electron chi connectivity index (χ3n) is 2.42. The van der Waals surface area contributed by atoms with Crippen molar-refractivity contribution in [3.63, 3.8) is 0 Å². The first kappa shape index (κ1) is 15.4. The molecule has 0 aliphatic heterocycles. The Labute approximate surface area is 99.6 Å². The van der Waals surface area contributed by atoms with Gasteiger partial charge in [0.15, 0.2) is 0 Å². The van der Waals surface area contributed by atoms with Crippen molar-refractivity contribution in [1.29, 1.82) is 0 Å². The van der Waals surface area contributed by atoms with E-state index in [0.29, 0.717) is 6.42 Å². The molecule has 4 nitrogen and oxygen atoms in total. The summed E-state index contributed by atoms with van der Waals surface area (Å²) in [5.41, 5.74) is 5.61. The first-order valence-electron chi connectivity index (χ1n) is 6.19. The SMILES string of the molecule is CC(N)CCCC(=O)NCCCCN(C)C. The molecule has 0 spiro atoms. The van der Waals surface area contributed by atoms with E-state index in [2.05, 4.69) is 24.3 Å². The number of nitrogens with zero attached hydrogens (tertiary/aromatic N) is 1. The fourth-order valence-electron chi connectivity index (χ4n) is 1.45. The van der Waals surface area contributed by atoms with Gasteiger partial charge in [0.05, 0.1) is 0 Å². The molecule has 1 atom stereocenters. The molecule has 0 aromatic heterocycles. The predicted octanol–water partition coefficient (Wildman–Crippen LogP) is 0.962. The van der Waals surface area contributed by atoms with Crippen molar-refractivity contribution in [2.75, 3.05) is 27.2 Å². The zero-order valence-corrected chi connectivity index (χ0v) is 11.0. The molecular formula is C12H27N3O. The summed E-state index contributed by atoms with van der Waals surface area (Å²) >= 11 is 0. The van der Waals surface area contributed by atoms with E-state index in [-0.39, 0.29) is 11.9 Å². The van der Waals surface area contributed by atoms with Gasteiger partial charge in [0.2, 0.25) is 5.91 Å². The van der Waals surface area contributed by atoms with Crippen LogP contribution in [0.3, 0.4) is 0 Å². The monoisotopic (exact) mass is 229 g/mol. The summed E-state index contributed by atoms with van der Waals surface area (Å²) in [6.45, 7) is 3.85. The van der Waals surface area contributed by atoms with E-state index in [1.807, 2.05) is 6.92 Å². The second-order valence-corrected chi connectivity index (χ2v) is 4.73. The number of rotatable bonds is 9. The maximum atomic E-state index is 11.4. The maximum absolute atomic E-state index is 11.4. The van der Waals surface area contributed by atoms with E-state index < -0.39 is 0 Å². The summed E-state index contributed by atoms with van der Waals surface area (Å²) in [4.78, 5) is 13.5. The van der Waals surface area contributed by atoms with Crippen molar-refractivity contribution in [2.45, 2.75) is 45.1 Å². The van der Waals surface area contributed by atoms with Crippen LogP contribution in [-0.2, 0) is 4.79 Å². The van der Waals surface area contributed by atoms with Gasteiger partial charge in [0.1, 0.15) is 0 Å². The maximum Gasteiger partial charge on any atom is 0.219 e. The van der Waals surface area contributed by atoms with Gasteiger partial charge in [-0.05, 0) is 53.2 Å². The topological polar surface area (TPSA) is 58.4 Å². The van der Waals surface area contributed by atoms with Crippen LogP contribution in [0.2, 0.25) is 0 Å². The van der Waals surface area contributed by atoms with Crippen LogP contribution in [0.4, 0.5) is 0 Å². The summed E-state index contributed by atoms with van der Waals surface area (Å²) < 4.78 is 0. The lowest BCUT2D eigenvalue weighted by molar-refractivity contribution is -0.121. The molecule has 0 aliphatic carbocycles. The van der Waals surface area contributed by atoms with Crippen LogP contribution < -0.4 is 11.1 Å². The van der Waals surface area contributed by atoms with Crippen LogP contribution >= 0.6 is 0 Å². The van der Waals surface area contributed by atoms with E-state index in [1.54, 1.807) is 0 Å². The van der Waals surface area contributed by atoms with E-state index >= 15 is 0 Å². The average Bonchev–Trinajstić information content (AvgIpc) is 2.16. The van der Waals surface area contributed by atoms with E-state index in [0.717, 1.165) is 38.8 Å². The summed E-state index contributed by atoms with van der Waals surface area (Å²) in [5.74, 6) is 0.158. The Bertz CT molecular complexity index is 181. The van der Waals surface area contributed by atoms with Gasteiger partial charge in [-0.25, -0.2) is 0 Å². The molecule has 0 aliphatic rings. The zero-order chi connectivity index (χ0) is 12.4. The van der Waals surface area contributed by atoms with Crippen molar-refractivity contribution < 1.29 is 4.79 Å². The standard InChI is InChI=1S/C12H27N3O/c1-11(13)7-6-8-12(16)14-9-4-5-10-15(2)3/h11H,4-10,13H2,1-3H3,(H,14,16). The molecule has 0 heterocycles. The van der Waals surface area contributed by atoms with Crippen molar-refractivity contribution in [2.24, 2.45) is 5.73 Å². The minimum absolute atomic E-state index is 0.158.